The molecule has 1 aromatic rings. The number of hydrogen-bond acceptors (Lipinski definition) is 2. The van der Waals surface area contributed by atoms with Gasteiger partial charge in [0.15, 0.2) is 0 Å². The van der Waals surface area contributed by atoms with Crippen molar-refractivity contribution in [3.63, 3.8) is 0 Å². The van der Waals surface area contributed by atoms with Gasteiger partial charge in [-0.3, -0.25) is 4.68 Å². The number of aromatic nitrogens is 2. The summed E-state index contributed by atoms with van der Waals surface area (Å²) >= 11 is 6.07. The van der Waals surface area contributed by atoms with Crippen LogP contribution in [0.3, 0.4) is 0 Å². The predicted molar refractivity (Wildman–Crippen MR) is 60.8 cm³/mol. The molecule has 1 heterocycles. The zero-order chi connectivity index (χ0) is 11.4. The van der Waals surface area contributed by atoms with Crippen LogP contribution in [-0.4, -0.2) is 9.78 Å². The van der Waals surface area contributed by atoms with Crippen LogP contribution in [0.25, 0.3) is 0 Å². The minimum absolute atomic E-state index is 0.481. The van der Waals surface area contributed by atoms with Gasteiger partial charge in [-0.15, -0.1) is 0 Å². The maximum absolute atomic E-state index is 8.93. The second-order valence-electron chi connectivity index (χ2n) is 3.98. The molecule has 82 valence electrons. The SMILES string of the molecule is CCc1nn(CCC(C)C)c(Cl)c1C#N. The number of halogens is 1. The average molecular weight is 226 g/mol. The van der Waals surface area contributed by atoms with Crippen molar-refractivity contribution < 1.29 is 0 Å². The van der Waals surface area contributed by atoms with E-state index in [2.05, 4.69) is 25.0 Å². The Morgan fingerprint density at radius 2 is 2.20 bits per heavy atom. The van der Waals surface area contributed by atoms with Crippen molar-refractivity contribution in [1.82, 2.24) is 9.78 Å². The number of nitriles is 1. The van der Waals surface area contributed by atoms with E-state index in [4.69, 9.17) is 16.9 Å². The molecule has 3 nitrogen and oxygen atoms in total. The Kier molecular flexibility index (Phi) is 4.16. The Morgan fingerprint density at radius 1 is 1.53 bits per heavy atom. The number of nitrogens with zero attached hydrogens (tertiary/aromatic N) is 3. The lowest BCUT2D eigenvalue weighted by molar-refractivity contribution is 0.485. The second kappa shape index (κ2) is 5.18. The molecule has 0 spiro atoms. The molecule has 0 amide bonds. The Labute approximate surface area is 95.7 Å². The third-order valence-electron chi connectivity index (χ3n) is 2.33. The summed E-state index contributed by atoms with van der Waals surface area (Å²) in [4.78, 5) is 0. The highest BCUT2D eigenvalue weighted by Crippen LogP contribution is 2.20. The van der Waals surface area contributed by atoms with Gasteiger partial charge in [-0.25, -0.2) is 0 Å². The van der Waals surface area contributed by atoms with E-state index in [9.17, 15) is 0 Å². The average Bonchev–Trinajstić information content (AvgIpc) is 2.51. The highest BCUT2D eigenvalue weighted by molar-refractivity contribution is 6.30. The van der Waals surface area contributed by atoms with Gasteiger partial charge < -0.3 is 0 Å². The van der Waals surface area contributed by atoms with E-state index in [0.29, 0.717) is 16.6 Å². The van der Waals surface area contributed by atoms with Crippen LogP contribution in [0.5, 0.6) is 0 Å². The zero-order valence-electron chi connectivity index (χ0n) is 9.42. The molecule has 0 saturated heterocycles. The first kappa shape index (κ1) is 12.1. The standard InChI is InChI=1S/C11H16ClN3/c1-4-10-9(7-13)11(12)15(14-10)6-5-8(2)3/h8H,4-6H2,1-3H3. The zero-order valence-corrected chi connectivity index (χ0v) is 10.2. The van der Waals surface area contributed by atoms with Gasteiger partial charge >= 0.3 is 0 Å². The Hall–Kier alpha value is -1.01. The van der Waals surface area contributed by atoms with Gasteiger partial charge in [-0.2, -0.15) is 10.4 Å². The van der Waals surface area contributed by atoms with Crippen LogP contribution in [0.1, 0.15) is 38.4 Å². The maximum Gasteiger partial charge on any atom is 0.145 e. The molecule has 0 bridgehead atoms. The van der Waals surface area contributed by atoms with Crippen LogP contribution in [0, 0.1) is 17.2 Å². The summed E-state index contributed by atoms with van der Waals surface area (Å²) in [6.07, 6.45) is 1.77. The van der Waals surface area contributed by atoms with Gasteiger partial charge in [0.05, 0.1) is 5.69 Å². The molecule has 0 aliphatic heterocycles. The van der Waals surface area contributed by atoms with Crippen molar-refractivity contribution in [2.45, 2.75) is 40.2 Å². The fourth-order valence-corrected chi connectivity index (χ4v) is 1.65. The van der Waals surface area contributed by atoms with Gasteiger partial charge in [-0.1, -0.05) is 32.4 Å². The normalized spacial score (nSPS) is 10.7. The van der Waals surface area contributed by atoms with Crippen LogP contribution in [-0.2, 0) is 13.0 Å². The number of hydrogen-bond donors (Lipinski definition) is 0. The monoisotopic (exact) mass is 225 g/mol. The van der Waals surface area contributed by atoms with E-state index in [1.54, 1.807) is 4.68 Å². The molecule has 0 radical (unpaired) electrons. The fraction of sp³-hybridized carbons (Fsp3) is 0.636. The largest absolute Gasteiger partial charge is 0.252 e. The first-order valence-corrected chi connectivity index (χ1v) is 5.63. The van der Waals surface area contributed by atoms with Crippen LogP contribution in [0.2, 0.25) is 5.15 Å². The van der Waals surface area contributed by atoms with Gasteiger partial charge in [-0.05, 0) is 18.8 Å². The summed E-state index contributed by atoms with van der Waals surface area (Å²) in [5.41, 5.74) is 1.33. The van der Waals surface area contributed by atoms with E-state index >= 15 is 0 Å². The lowest BCUT2D eigenvalue weighted by Gasteiger charge is -2.05. The van der Waals surface area contributed by atoms with Gasteiger partial charge in [0.25, 0.3) is 0 Å². The maximum atomic E-state index is 8.93. The third-order valence-corrected chi connectivity index (χ3v) is 2.71. The Balaban J connectivity index is 2.91. The Morgan fingerprint density at radius 3 is 2.60 bits per heavy atom. The molecule has 15 heavy (non-hydrogen) atoms. The van der Waals surface area contributed by atoms with Crippen molar-refractivity contribution in [1.29, 1.82) is 5.26 Å². The highest BCUT2D eigenvalue weighted by Gasteiger charge is 2.14. The van der Waals surface area contributed by atoms with E-state index < -0.39 is 0 Å². The van der Waals surface area contributed by atoms with Crippen LogP contribution in [0.15, 0.2) is 0 Å². The quantitative estimate of drug-likeness (QED) is 0.791. The molecule has 0 aromatic carbocycles. The minimum atomic E-state index is 0.481. The highest BCUT2D eigenvalue weighted by atomic mass is 35.5. The first-order valence-electron chi connectivity index (χ1n) is 5.25. The van der Waals surface area contributed by atoms with Crippen molar-refractivity contribution >= 4 is 11.6 Å². The number of aryl methyl sites for hydroxylation is 2. The molecule has 4 heteroatoms. The van der Waals surface area contributed by atoms with E-state index in [0.717, 1.165) is 25.1 Å². The molecule has 0 N–H and O–H groups in total. The molecule has 0 atom stereocenters. The van der Waals surface area contributed by atoms with E-state index in [1.807, 2.05) is 6.92 Å². The molecular formula is C11H16ClN3. The summed E-state index contributed by atoms with van der Waals surface area (Å²) in [5, 5.41) is 13.7. The molecule has 0 saturated carbocycles. The molecule has 0 aliphatic carbocycles. The molecule has 0 aliphatic rings. The lowest BCUT2D eigenvalue weighted by atomic mass is 10.1. The summed E-state index contributed by atoms with van der Waals surface area (Å²) in [6.45, 7) is 7.07. The summed E-state index contributed by atoms with van der Waals surface area (Å²) in [7, 11) is 0. The summed E-state index contributed by atoms with van der Waals surface area (Å²) in [5.74, 6) is 0.612. The van der Waals surface area contributed by atoms with Crippen LogP contribution < -0.4 is 0 Å². The van der Waals surface area contributed by atoms with Crippen molar-refractivity contribution in [3.8, 4) is 6.07 Å². The topological polar surface area (TPSA) is 41.6 Å². The first-order chi connectivity index (χ1) is 7.10. The molecule has 0 fully saturated rings. The summed E-state index contributed by atoms with van der Waals surface area (Å²) in [6, 6.07) is 2.11. The molecule has 1 rings (SSSR count). The van der Waals surface area contributed by atoms with Crippen molar-refractivity contribution in [2.75, 3.05) is 0 Å². The molecule has 1 aromatic heterocycles. The smallest absolute Gasteiger partial charge is 0.145 e. The van der Waals surface area contributed by atoms with Crippen LogP contribution >= 0.6 is 11.6 Å². The minimum Gasteiger partial charge on any atom is -0.252 e. The van der Waals surface area contributed by atoms with E-state index in [-0.39, 0.29) is 0 Å². The third kappa shape index (κ3) is 2.73. The van der Waals surface area contributed by atoms with Gasteiger partial charge in [0.2, 0.25) is 0 Å². The van der Waals surface area contributed by atoms with E-state index in [1.165, 1.54) is 0 Å². The van der Waals surface area contributed by atoms with Crippen molar-refractivity contribution in [2.24, 2.45) is 5.92 Å². The summed E-state index contributed by atoms with van der Waals surface area (Å²) < 4.78 is 1.74. The lowest BCUT2D eigenvalue weighted by Crippen LogP contribution is -2.03. The van der Waals surface area contributed by atoms with Gasteiger partial charge in [0, 0.05) is 6.54 Å². The van der Waals surface area contributed by atoms with Gasteiger partial charge in [0.1, 0.15) is 16.8 Å². The van der Waals surface area contributed by atoms with Crippen LogP contribution in [0.4, 0.5) is 0 Å². The molecule has 0 unspecified atom stereocenters. The molecular weight excluding hydrogens is 210 g/mol. The van der Waals surface area contributed by atoms with Crippen molar-refractivity contribution in [3.05, 3.63) is 16.4 Å². The number of rotatable bonds is 4. The Bertz CT molecular complexity index is 374. The predicted octanol–water partition coefficient (Wildman–Crippen LogP) is 3.02. The second-order valence-corrected chi connectivity index (χ2v) is 4.34. The fourth-order valence-electron chi connectivity index (χ4n) is 1.37.